The van der Waals surface area contributed by atoms with Crippen LogP contribution in [0.2, 0.25) is 0 Å². The van der Waals surface area contributed by atoms with E-state index in [1.54, 1.807) is 31.1 Å². The van der Waals surface area contributed by atoms with E-state index in [4.69, 9.17) is 0 Å². The second-order valence-corrected chi connectivity index (χ2v) is 6.87. The molecule has 1 aromatic carbocycles. The summed E-state index contributed by atoms with van der Waals surface area (Å²) in [7, 11) is 3.41. The number of piperidine rings is 1. The zero-order chi connectivity index (χ0) is 17.3. The van der Waals surface area contributed by atoms with E-state index in [0.29, 0.717) is 13.0 Å². The largest absolute Gasteiger partial charge is 0.347 e. The van der Waals surface area contributed by atoms with E-state index < -0.39 is 0 Å². The smallest absolute Gasteiger partial charge is 0.241 e. The predicted molar refractivity (Wildman–Crippen MR) is 88.6 cm³/mol. The van der Waals surface area contributed by atoms with Gasteiger partial charge in [0.05, 0.1) is 0 Å². The van der Waals surface area contributed by atoms with E-state index in [0.717, 1.165) is 24.9 Å². The van der Waals surface area contributed by atoms with Crippen LogP contribution in [0.25, 0.3) is 0 Å². The zero-order valence-electron chi connectivity index (χ0n) is 14.2. The van der Waals surface area contributed by atoms with Crippen LogP contribution in [0.4, 0.5) is 4.39 Å². The van der Waals surface area contributed by atoms with E-state index in [1.807, 2.05) is 6.07 Å². The van der Waals surface area contributed by atoms with Gasteiger partial charge in [-0.3, -0.25) is 14.5 Å². The first kappa shape index (κ1) is 16.9. The molecular formula is C18H24FN3O2. The molecule has 24 heavy (non-hydrogen) atoms. The molecule has 0 bridgehead atoms. The van der Waals surface area contributed by atoms with Crippen molar-refractivity contribution < 1.29 is 14.0 Å². The van der Waals surface area contributed by atoms with E-state index >= 15 is 0 Å². The molecule has 1 aromatic rings. The van der Waals surface area contributed by atoms with E-state index in [-0.39, 0.29) is 36.3 Å². The molecule has 0 unspecified atom stereocenters. The molecule has 2 atom stereocenters. The Bertz CT molecular complexity index is 634. The molecule has 2 amide bonds. The number of carbonyl (C=O) groups excluding carboxylic acids is 2. The maximum absolute atomic E-state index is 13.4. The lowest BCUT2D eigenvalue weighted by atomic mass is 9.96. The summed E-state index contributed by atoms with van der Waals surface area (Å²) in [6.07, 6.45) is 2.15. The van der Waals surface area contributed by atoms with Crippen molar-refractivity contribution in [3.63, 3.8) is 0 Å². The van der Waals surface area contributed by atoms with Crippen molar-refractivity contribution in [2.75, 3.05) is 27.2 Å². The molecular weight excluding hydrogens is 309 g/mol. The van der Waals surface area contributed by atoms with Gasteiger partial charge in [0.25, 0.3) is 0 Å². The Hall–Kier alpha value is -1.95. The van der Waals surface area contributed by atoms with Gasteiger partial charge in [-0.25, -0.2) is 4.39 Å². The average molecular weight is 333 g/mol. The lowest BCUT2D eigenvalue weighted by molar-refractivity contribution is -0.144. The van der Waals surface area contributed by atoms with Gasteiger partial charge in [0.15, 0.2) is 0 Å². The van der Waals surface area contributed by atoms with Crippen molar-refractivity contribution >= 4 is 11.8 Å². The first-order valence-electron chi connectivity index (χ1n) is 8.44. The third kappa shape index (κ3) is 3.43. The zero-order valence-corrected chi connectivity index (χ0v) is 14.2. The van der Waals surface area contributed by atoms with Crippen LogP contribution >= 0.6 is 0 Å². The summed E-state index contributed by atoms with van der Waals surface area (Å²) in [6, 6.07) is 7.01. The number of halogens is 1. The van der Waals surface area contributed by atoms with Crippen LogP contribution in [0.5, 0.6) is 0 Å². The highest BCUT2D eigenvalue weighted by atomic mass is 19.1. The predicted octanol–water partition coefficient (Wildman–Crippen LogP) is 1.48. The molecule has 0 radical (unpaired) electrons. The van der Waals surface area contributed by atoms with Gasteiger partial charge in [-0.15, -0.1) is 0 Å². The van der Waals surface area contributed by atoms with Gasteiger partial charge in [0, 0.05) is 45.7 Å². The molecule has 0 aliphatic carbocycles. The number of hydrogen-bond acceptors (Lipinski definition) is 3. The number of likely N-dealkylation sites (tertiary alicyclic amines) is 2. The van der Waals surface area contributed by atoms with Gasteiger partial charge in [-0.1, -0.05) is 12.1 Å². The molecule has 2 saturated heterocycles. The number of carbonyl (C=O) groups is 2. The van der Waals surface area contributed by atoms with Crippen LogP contribution in [0.15, 0.2) is 24.3 Å². The Morgan fingerprint density at radius 1 is 1.29 bits per heavy atom. The maximum Gasteiger partial charge on any atom is 0.241 e. The van der Waals surface area contributed by atoms with Gasteiger partial charge in [-0.05, 0) is 30.5 Å². The van der Waals surface area contributed by atoms with Crippen molar-refractivity contribution in [1.82, 2.24) is 14.7 Å². The molecule has 2 aliphatic heterocycles. The fraction of sp³-hybridized carbons (Fsp3) is 0.556. The third-order valence-corrected chi connectivity index (χ3v) is 5.08. The van der Waals surface area contributed by atoms with Crippen molar-refractivity contribution in [2.24, 2.45) is 0 Å². The van der Waals surface area contributed by atoms with Crippen LogP contribution in [0.3, 0.4) is 0 Å². The minimum Gasteiger partial charge on any atom is -0.347 e. The van der Waals surface area contributed by atoms with Crippen molar-refractivity contribution in [3.8, 4) is 0 Å². The van der Waals surface area contributed by atoms with Gasteiger partial charge >= 0.3 is 0 Å². The van der Waals surface area contributed by atoms with Crippen LogP contribution in [-0.2, 0) is 16.1 Å². The highest BCUT2D eigenvalue weighted by Crippen LogP contribution is 2.32. The lowest BCUT2D eigenvalue weighted by Crippen LogP contribution is -2.54. The maximum atomic E-state index is 13.4. The summed E-state index contributed by atoms with van der Waals surface area (Å²) < 4.78 is 13.4. The SMILES string of the molecule is CN(C)C(=O)CN1C(=O)CC[C@@H]2[C@H]1CCN2Cc1cccc(F)c1. The quantitative estimate of drug-likeness (QED) is 0.838. The van der Waals surface area contributed by atoms with Crippen LogP contribution in [-0.4, -0.2) is 65.8 Å². The molecule has 3 rings (SSSR count). The molecule has 0 N–H and O–H groups in total. The fourth-order valence-electron chi connectivity index (χ4n) is 3.80. The second-order valence-electron chi connectivity index (χ2n) is 6.87. The molecule has 2 fully saturated rings. The van der Waals surface area contributed by atoms with Crippen molar-refractivity contribution in [3.05, 3.63) is 35.6 Å². The molecule has 5 nitrogen and oxygen atoms in total. The molecule has 0 spiro atoms. The van der Waals surface area contributed by atoms with E-state index in [2.05, 4.69) is 4.90 Å². The Kier molecular flexibility index (Phi) is 4.85. The Labute approximate surface area is 142 Å². The molecule has 130 valence electrons. The minimum atomic E-state index is -0.222. The Balaban J connectivity index is 1.70. The van der Waals surface area contributed by atoms with Crippen molar-refractivity contribution in [1.29, 1.82) is 0 Å². The lowest BCUT2D eigenvalue weighted by Gasteiger charge is -2.39. The summed E-state index contributed by atoms with van der Waals surface area (Å²) in [6.45, 7) is 1.70. The van der Waals surface area contributed by atoms with Crippen molar-refractivity contribution in [2.45, 2.75) is 37.9 Å². The number of hydrogen-bond donors (Lipinski definition) is 0. The highest BCUT2D eigenvalue weighted by molar-refractivity contribution is 5.85. The van der Waals surface area contributed by atoms with E-state index in [1.165, 1.54) is 11.0 Å². The summed E-state index contributed by atoms with van der Waals surface area (Å²) in [5, 5.41) is 0. The van der Waals surface area contributed by atoms with Gasteiger partial charge in [0.1, 0.15) is 12.4 Å². The number of amides is 2. The highest BCUT2D eigenvalue weighted by Gasteiger charge is 2.43. The summed E-state index contributed by atoms with van der Waals surface area (Å²) in [5.74, 6) is -0.202. The number of likely N-dealkylation sites (N-methyl/N-ethyl adjacent to an activating group) is 1. The van der Waals surface area contributed by atoms with Gasteiger partial charge in [0.2, 0.25) is 11.8 Å². The standard InChI is InChI=1S/C18H24FN3O2/c1-20(2)18(24)12-22-16-8-9-21(15(16)6-7-17(22)23)11-13-4-3-5-14(19)10-13/h3-5,10,15-16H,6-9,11-12H2,1-2H3/t15-,16-/m1/s1. The van der Waals surface area contributed by atoms with Gasteiger partial charge < -0.3 is 9.80 Å². The van der Waals surface area contributed by atoms with Crippen LogP contribution in [0.1, 0.15) is 24.8 Å². The summed E-state index contributed by atoms with van der Waals surface area (Å²) in [5.41, 5.74) is 0.948. The average Bonchev–Trinajstić information content (AvgIpc) is 2.93. The molecule has 0 saturated carbocycles. The Morgan fingerprint density at radius 3 is 2.79 bits per heavy atom. The summed E-state index contributed by atoms with van der Waals surface area (Å²) in [4.78, 5) is 29.9. The first-order valence-corrected chi connectivity index (χ1v) is 8.44. The molecule has 0 aromatic heterocycles. The van der Waals surface area contributed by atoms with Crippen LogP contribution in [0, 0.1) is 5.82 Å². The topological polar surface area (TPSA) is 43.9 Å². The Morgan fingerprint density at radius 2 is 2.08 bits per heavy atom. The number of benzene rings is 1. The number of rotatable bonds is 4. The minimum absolute atomic E-state index is 0.0485. The first-order chi connectivity index (χ1) is 11.5. The third-order valence-electron chi connectivity index (χ3n) is 5.08. The molecule has 2 aliphatic rings. The molecule has 6 heteroatoms. The number of nitrogens with zero attached hydrogens (tertiary/aromatic N) is 3. The van der Waals surface area contributed by atoms with Crippen LogP contribution < -0.4 is 0 Å². The number of fused-ring (bicyclic) bond motifs is 1. The molecule has 2 heterocycles. The second kappa shape index (κ2) is 6.89. The monoisotopic (exact) mass is 333 g/mol. The van der Waals surface area contributed by atoms with Gasteiger partial charge in [-0.2, -0.15) is 0 Å². The fourth-order valence-corrected chi connectivity index (χ4v) is 3.80. The van der Waals surface area contributed by atoms with E-state index in [9.17, 15) is 14.0 Å². The summed E-state index contributed by atoms with van der Waals surface area (Å²) >= 11 is 0. The normalized spacial score (nSPS) is 24.1.